The standard InChI is InChI=1S/C19H14FN3O2/c20-17-9-5-4-8-15(17)19(25)23-18(24)10-16(14(11-21)12-22)13-6-2-1-3-7-13/h1-9,14,16H,10H2,(H,23,24,25)/t16-/m1/s1. The fourth-order valence-corrected chi connectivity index (χ4v) is 2.43. The number of hydrogen-bond donors (Lipinski definition) is 1. The molecule has 0 heterocycles. The first kappa shape index (κ1) is 17.8. The number of halogens is 1. The van der Waals surface area contributed by atoms with Gasteiger partial charge < -0.3 is 0 Å². The molecule has 0 aliphatic heterocycles. The molecule has 2 aromatic rings. The molecule has 1 N–H and O–H groups in total. The van der Waals surface area contributed by atoms with E-state index >= 15 is 0 Å². The van der Waals surface area contributed by atoms with Crippen LogP contribution in [0.3, 0.4) is 0 Å². The second kappa shape index (κ2) is 8.37. The summed E-state index contributed by atoms with van der Waals surface area (Å²) in [5, 5.41) is 20.4. The minimum absolute atomic E-state index is 0.240. The smallest absolute Gasteiger partial charge is 0.260 e. The number of amides is 2. The predicted molar refractivity (Wildman–Crippen MR) is 87.4 cm³/mol. The van der Waals surface area contributed by atoms with E-state index in [4.69, 9.17) is 10.5 Å². The summed E-state index contributed by atoms with van der Waals surface area (Å²) in [5.74, 6) is -4.02. The van der Waals surface area contributed by atoms with Crippen LogP contribution in [0, 0.1) is 34.4 Å². The monoisotopic (exact) mass is 335 g/mol. The summed E-state index contributed by atoms with van der Waals surface area (Å²) in [6, 6.07) is 17.7. The van der Waals surface area contributed by atoms with Crippen LogP contribution in [0.2, 0.25) is 0 Å². The summed E-state index contributed by atoms with van der Waals surface area (Å²) in [5.41, 5.74) is 0.397. The molecule has 0 aliphatic rings. The third-order valence-corrected chi connectivity index (χ3v) is 3.69. The van der Waals surface area contributed by atoms with E-state index in [1.807, 2.05) is 12.1 Å². The van der Waals surface area contributed by atoms with Gasteiger partial charge in [0, 0.05) is 12.3 Å². The summed E-state index contributed by atoms with van der Waals surface area (Å²) in [7, 11) is 0. The van der Waals surface area contributed by atoms with Crippen molar-refractivity contribution in [3.05, 3.63) is 71.5 Å². The SMILES string of the molecule is N#CC(C#N)[C@H](CC(=O)NC(=O)c1ccccc1F)c1ccccc1. The number of imide groups is 1. The molecule has 0 radical (unpaired) electrons. The summed E-state index contributed by atoms with van der Waals surface area (Å²) in [6.07, 6.45) is -0.240. The first-order chi connectivity index (χ1) is 12.1. The molecule has 0 saturated carbocycles. The molecule has 0 aliphatic carbocycles. The number of nitriles is 2. The number of rotatable bonds is 5. The lowest BCUT2D eigenvalue weighted by molar-refractivity contribution is -0.120. The number of hydrogen-bond acceptors (Lipinski definition) is 4. The van der Waals surface area contributed by atoms with Crippen LogP contribution in [0.1, 0.15) is 28.3 Å². The fourth-order valence-electron chi connectivity index (χ4n) is 2.43. The number of nitrogens with zero attached hydrogens (tertiary/aromatic N) is 2. The third-order valence-electron chi connectivity index (χ3n) is 3.69. The van der Waals surface area contributed by atoms with Gasteiger partial charge in [-0.05, 0) is 17.7 Å². The lowest BCUT2D eigenvalue weighted by Crippen LogP contribution is -2.33. The van der Waals surface area contributed by atoms with Gasteiger partial charge in [-0.15, -0.1) is 0 Å². The van der Waals surface area contributed by atoms with Crippen LogP contribution in [-0.2, 0) is 4.79 Å². The highest BCUT2D eigenvalue weighted by Crippen LogP contribution is 2.27. The maximum absolute atomic E-state index is 13.6. The lowest BCUT2D eigenvalue weighted by Gasteiger charge is -2.17. The van der Waals surface area contributed by atoms with Crippen molar-refractivity contribution in [2.45, 2.75) is 12.3 Å². The van der Waals surface area contributed by atoms with Crippen molar-refractivity contribution >= 4 is 11.8 Å². The van der Waals surface area contributed by atoms with E-state index in [2.05, 4.69) is 5.32 Å². The van der Waals surface area contributed by atoms with Gasteiger partial charge in [0.05, 0.1) is 17.7 Å². The number of benzene rings is 2. The van der Waals surface area contributed by atoms with Crippen molar-refractivity contribution in [2.75, 3.05) is 0 Å². The second-order valence-electron chi connectivity index (χ2n) is 5.31. The first-order valence-corrected chi connectivity index (χ1v) is 7.49. The van der Waals surface area contributed by atoms with Crippen LogP contribution >= 0.6 is 0 Å². The summed E-state index contributed by atoms with van der Waals surface area (Å²) in [6.45, 7) is 0. The van der Waals surface area contributed by atoms with Crippen molar-refractivity contribution in [1.82, 2.24) is 5.32 Å². The highest BCUT2D eigenvalue weighted by Gasteiger charge is 2.26. The molecule has 124 valence electrons. The predicted octanol–water partition coefficient (Wildman–Crippen LogP) is 2.92. The average Bonchev–Trinajstić information content (AvgIpc) is 2.62. The molecule has 0 aromatic heterocycles. The zero-order chi connectivity index (χ0) is 18.2. The molecule has 25 heavy (non-hydrogen) atoms. The average molecular weight is 335 g/mol. The van der Waals surface area contributed by atoms with Gasteiger partial charge in [0.1, 0.15) is 11.7 Å². The van der Waals surface area contributed by atoms with Gasteiger partial charge in [0.2, 0.25) is 5.91 Å². The van der Waals surface area contributed by atoms with Gasteiger partial charge >= 0.3 is 0 Å². The molecule has 2 rings (SSSR count). The van der Waals surface area contributed by atoms with Crippen molar-refractivity contribution in [3.63, 3.8) is 0 Å². The van der Waals surface area contributed by atoms with Crippen molar-refractivity contribution in [1.29, 1.82) is 10.5 Å². The van der Waals surface area contributed by atoms with E-state index in [0.717, 1.165) is 6.07 Å². The van der Waals surface area contributed by atoms with Crippen molar-refractivity contribution < 1.29 is 14.0 Å². The van der Waals surface area contributed by atoms with Gasteiger partial charge in [0.25, 0.3) is 5.91 Å². The Balaban J connectivity index is 2.15. The largest absolute Gasteiger partial charge is 0.292 e. The maximum atomic E-state index is 13.6. The van der Waals surface area contributed by atoms with Crippen LogP contribution in [0.5, 0.6) is 0 Å². The Kier molecular flexibility index (Phi) is 5.97. The molecule has 0 unspecified atom stereocenters. The van der Waals surface area contributed by atoms with Crippen molar-refractivity contribution in [2.24, 2.45) is 5.92 Å². The lowest BCUT2D eigenvalue weighted by atomic mass is 9.85. The van der Waals surface area contributed by atoms with Gasteiger partial charge in [0.15, 0.2) is 0 Å². The highest BCUT2D eigenvalue weighted by atomic mass is 19.1. The van der Waals surface area contributed by atoms with Crippen LogP contribution in [0.25, 0.3) is 0 Å². The van der Waals surface area contributed by atoms with E-state index < -0.39 is 29.5 Å². The van der Waals surface area contributed by atoms with Crippen LogP contribution in [0.15, 0.2) is 54.6 Å². The van der Waals surface area contributed by atoms with E-state index in [1.54, 1.807) is 30.3 Å². The Labute approximate surface area is 144 Å². The normalized spacial score (nSPS) is 11.2. The second-order valence-corrected chi connectivity index (χ2v) is 5.31. The molecule has 0 saturated heterocycles. The van der Waals surface area contributed by atoms with E-state index in [0.29, 0.717) is 5.56 Å². The number of carbonyl (C=O) groups is 2. The summed E-state index contributed by atoms with van der Waals surface area (Å²) in [4.78, 5) is 24.2. The molecule has 1 atom stereocenters. The molecule has 2 amide bonds. The molecule has 0 spiro atoms. The maximum Gasteiger partial charge on any atom is 0.260 e. The molecule has 6 heteroatoms. The zero-order valence-corrected chi connectivity index (χ0v) is 13.1. The Morgan fingerprint density at radius 2 is 1.60 bits per heavy atom. The molecular formula is C19H14FN3O2. The van der Waals surface area contributed by atoms with Crippen LogP contribution in [0.4, 0.5) is 4.39 Å². The van der Waals surface area contributed by atoms with Crippen LogP contribution in [-0.4, -0.2) is 11.8 Å². The summed E-state index contributed by atoms with van der Waals surface area (Å²) >= 11 is 0. The van der Waals surface area contributed by atoms with E-state index in [-0.39, 0.29) is 12.0 Å². The molecule has 5 nitrogen and oxygen atoms in total. The van der Waals surface area contributed by atoms with Gasteiger partial charge in [-0.1, -0.05) is 42.5 Å². The molecular weight excluding hydrogens is 321 g/mol. The van der Waals surface area contributed by atoms with E-state index in [9.17, 15) is 14.0 Å². The Morgan fingerprint density at radius 1 is 1.00 bits per heavy atom. The Hall–Kier alpha value is -3.51. The van der Waals surface area contributed by atoms with Gasteiger partial charge in [-0.3, -0.25) is 14.9 Å². The zero-order valence-electron chi connectivity index (χ0n) is 13.1. The topological polar surface area (TPSA) is 93.8 Å². The van der Waals surface area contributed by atoms with Gasteiger partial charge in [-0.25, -0.2) is 4.39 Å². The molecule has 0 fully saturated rings. The number of nitrogens with one attached hydrogen (secondary N) is 1. The minimum atomic E-state index is -1.04. The molecule has 2 aromatic carbocycles. The van der Waals surface area contributed by atoms with Crippen molar-refractivity contribution in [3.8, 4) is 12.1 Å². The fraction of sp³-hybridized carbons (Fsp3) is 0.158. The quantitative estimate of drug-likeness (QED) is 0.909. The first-order valence-electron chi connectivity index (χ1n) is 7.49. The third kappa shape index (κ3) is 4.49. The Bertz CT molecular complexity index is 839. The van der Waals surface area contributed by atoms with Gasteiger partial charge in [-0.2, -0.15) is 10.5 Å². The molecule has 0 bridgehead atoms. The Morgan fingerprint density at radius 3 is 2.20 bits per heavy atom. The minimum Gasteiger partial charge on any atom is -0.292 e. The summed E-state index contributed by atoms with van der Waals surface area (Å²) < 4.78 is 13.6. The number of carbonyl (C=O) groups excluding carboxylic acids is 2. The van der Waals surface area contributed by atoms with Crippen LogP contribution < -0.4 is 5.32 Å². The van der Waals surface area contributed by atoms with E-state index in [1.165, 1.54) is 18.2 Å². The highest BCUT2D eigenvalue weighted by molar-refractivity contribution is 6.04.